The van der Waals surface area contributed by atoms with Crippen LogP contribution in [-0.4, -0.2) is 37.6 Å². The molecule has 4 heteroatoms. The van der Waals surface area contributed by atoms with E-state index < -0.39 is 0 Å². The van der Waals surface area contributed by atoms with Gasteiger partial charge in [0.2, 0.25) is 5.91 Å². The van der Waals surface area contributed by atoms with Gasteiger partial charge in [-0.25, -0.2) is 0 Å². The lowest BCUT2D eigenvalue weighted by Crippen LogP contribution is -2.25. The van der Waals surface area contributed by atoms with Crippen molar-refractivity contribution >= 4 is 11.6 Å². The van der Waals surface area contributed by atoms with Gasteiger partial charge in [0.05, 0.1) is 7.11 Å². The summed E-state index contributed by atoms with van der Waals surface area (Å²) in [5.41, 5.74) is 0.822. The Kier molecular flexibility index (Phi) is 4.59. The summed E-state index contributed by atoms with van der Waals surface area (Å²) in [4.78, 5) is 14.1. The fourth-order valence-electron chi connectivity index (χ4n) is 2.16. The van der Waals surface area contributed by atoms with Crippen molar-refractivity contribution in [3.63, 3.8) is 0 Å². The number of nitrogens with zero attached hydrogens (tertiary/aromatic N) is 1. The summed E-state index contributed by atoms with van der Waals surface area (Å²) in [5, 5.41) is 2.90. The lowest BCUT2D eigenvalue weighted by Gasteiger charge is -2.14. The fraction of sp³-hybridized carbons (Fsp3) is 0.500. The van der Waals surface area contributed by atoms with Crippen LogP contribution in [0.15, 0.2) is 24.3 Å². The summed E-state index contributed by atoms with van der Waals surface area (Å²) in [6.07, 6.45) is 3.09. The van der Waals surface area contributed by atoms with Crippen molar-refractivity contribution in [1.82, 2.24) is 4.90 Å². The third-order valence-corrected chi connectivity index (χ3v) is 3.23. The Balaban J connectivity index is 1.75. The fourth-order valence-corrected chi connectivity index (χ4v) is 2.16. The van der Waals surface area contributed by atoms with Crippen LogP contribution >= 0.6 is 0 Å². The van der Waals surface area contributed by atoms with Crippen LogP contribution in [0.1, 0.15) is 19.3 Å². The molecule has 0 unspecified atom stereocenters. The molecule has 1 amide bonds. The number of hydrogen-bond acceptors (Lipinski definition) is 3. The van der Waals surface area contributed by atoms with Crippen molar-refractivity contribution in [2.45, 2.75) is 19.3 Å². The van der Waals surface area contributed by atoms with Gasteiger partial charge in [-0.05, 0) is 50.2 Å². The number of likely N-dealkylation sites (tertiary alicyclic amines) is 1. The molecule has 0 atom stereocenters. The number of methoxy groups -OCH3 is 1. The summed E-state index contributed by atoms with van der Waals surface area (Å²) >= 11 is 0. The van der Waals surface area contributed by atoms with Crippen molar-refractivity contribution in [1.29, 1.82) is 0 Å². The van der Waals surface area contributed by atoms with Gasteiger partial charge in [-0.3, -0.25) is 4.79 Å². The largest absolute Gasteiger partial charge is 0.497 e. The van der Waals surface area contributed by atoms with Crippen LogP contribution < -0.4 is 10.1 Å². The predicted molar refractivity (Wildman–Crippen MR) is 71.9 cm³/mol. The number of hydrogen-bond donors (Lipinski definition) is 1. The van der Waals surface area contributed by atoms with E-state index in [1.54, 1.807) is 7.11 Å². The molecule has 4 nitrogen and oxygen atoms in total. The van der Waals surface area contributed by atoms with Crippen molar-refractivity contribution in [3.05, 3.63) is 24.3 Å². The molecule has 0 saturated carbocycles. The summed E-state index contributed by atoms with van der Waals surface area (Å²) < 4.78 is 5.07. The van der Waals surface area contributed by atoms with Gasteiger partial charge >= 0.3 is 0 Å². The van der Waals surface area contributed by atoms with Gasteiger partial charge in [-0.2, -0.15) is 0 Å². The topological polar surface area (TPSA) is 41.6 Å². The lowest BCUT2D eigenvalue weighted by atomic mass is 10.3. The van der Waals surface area contributed by atoms with Crippen LogP contribution in [0.25, 0.3) is 0 Å². The molecule has 0 radical (unpaired) electrons. The summed E-state index contributed by atoms with van der Waals surface area (Å²) in [6.45, 7) is 3.13. The molecule has 0 spiro atoms. The third kappa shape index (κ3) is 3.74. The van der Waals surface area contributed by atoms with Crippen LogP contribution in [0.5, 0.6) is 5.75 Å². The van der Waals surface area contributed by atoms with E-state index in [1.165, 1.54) is 12.8 Å². The summed E-state index contributed by atoms with van der Waals surface area (Å²) in [6, 6.07) is 7.39. The first-order valence-corrected chi connectivity index (χ1v) is 6.44. The highest BCUT2D eigenvalue weighted by Crippen LogP contribution is 2.15. The highest BCUT2D eigenvalue weighted by molar-refractivity contribution is 5.90. The Hall–Kier alpha value is -1.55. The van der Waals surface area contributed by atoms with Crippen molar-refractivity contribution < 1.29 is 9.53 Å². The Morgan fingerprint density at radius 1 is 1.28 bits per heavy atom. The molecule has 1 fully saturated rings. The number of amides is 1. The SMILES string of the molecule is COc1ccc(NC(=O)CCN2CCCC2)cc1. The van der Waals surface area contributed by atoms with E-state index in [2.05, 4.69) is 10.2 Å². The second kappa shape index (κ2) is 6.40. The minimum Gasteiger partial charge on any atom is -0.497 e. The third-order valence-electron chi connectivity index (χ3n) is 3.23. The highest BCUT2D eigenvalue weighted by atomic mass is 16.5. The van der Waals surface area contributed by atoms with Gasteiger partial charge in [0, 0.05) is 18.7 Å². The molecule has 1 heterocycles. The zero-order chi connectivity index (χ0) is 12.8. The average Bonchev–Trinajstić information content (AvgIpc) is 2.90. The van der Waals surface area contributed by atoms with Gasteiger partial charge in [0.25, 0.3) is 0 Å². The van der Waals surface area contributed by atoms with Gasteiger partial charge < -0.3 is 15.0 Å². The zero-order valence-corrected chi connectivity index (χ0v) is 10.8. The number of nitrogens with one attached hydrogen (secondary N) is 1. The van der Waals surface area contributed by atoms with Crippen LogP contribution in [0, 0.1) is 0 Å². The Morgan fingerprint density at radius 3 is 2.56 bits per heavy atom. The minimum absolute atomic E-state index is 0.0760. The highest BCUT2D eigenvalue weighted by Gasteiger charge is 2.12. The van der Waals surface area contributed by atoms with Gasteiger partial charge in [0.1, 0.15) is 5.75 Å². The molecular weight excluding hydrogens is 228 g/mol. The molecule has 18 heavy (non-hydrogen) atoms. The molecule has 98 valence electrons. The first kappa shape index (κ1) is 12.9. The van der Waals surface area contributed by atoms with Crippen LogP contribution in [0.3, 0.4) is 0 Å². The molecule has 1 saturated heterocycles. The van der Waals surface area contributed by atoms with Gasteiger partial charge in [-0.1, -0.05) is 0 Å². The number of ether oxygens (including phenoxy) is 1. The second-order valence-electron chi connectivity index (χ2n) is 4.58. The number of anilines is 1. The number of carbonyl (C=O) groups excluding carboxylic acids is 1. The predicted octanol–water partition coefficient (Wildman–Crippen LogP) is 2.12. The van der Waals surface area contributed by atoms with Crippen molar-refractivity contribution in [3.8, 4) is 5.75 Å². The van der Waals surface area contributed by atoms with Crippen LogP contribution in [0.2, 0.25) is 0 Å². The van der Waals surface area contributed by atoms with E-state index in [-0.39, 0.29) is 5.91 Å². The molecule has 2 rings (SSSR count). The zero-order valence-electron chi connectivity index (χ0n) is 10.8. The molecular formula is C14H20N2O2. The monoisotopic (exact) mass is 248 g/mol. The maximum absolute atomic E-state index is 11.8. The van der Waals surface area contributed by atoms with E-state index in [0.29, 0.717) is 6.42 Å². The molecule has 1 aromatic carbocycles. The first-order valence-electron chi connectivity index (χ1n) is 6.44. The molecule has 1 aromatic rings. The summed E-state index contributed by atoms with van der Waals surface area (Å²) in [5.74, 6) is 0.872. The molecule has 0 bridgehead atoms. The van der Waals surface area contributed by atoms with Crippen LogP contribution in [-0.2, 0) is 4.79 Å². The molecule has 1 aliphatic heterocycles. The maximum atomic E-state index is 11.8. The average molecular weight is 248 g/mol. The quantitative estimate of drug-likeness (QED) is 0.867. The lowest BCUT2D eigenvalue weighted by molar-refractivity contribution is -0.116. The second-order valence-corrected chi connectivity index (χ2v) is 4.58. The number of rotatable bonds is 5. The normalized spacial score (nSPS) is 15.6. The van der Waals surface area contributed by atoms with E-state index in [9.17, 15) is 4.79 Å². The minimum atomic E-state index is 0.0760. The van der Waals surface area contributed by atoms with Crippen molar-refractivity contribution in [2.75, 3.05) is 32.1 Å². The standard InChI is InChI=1S/C14H20N2O2/c1-18-13-6-4-12(5-7-13)15-14(17)8-11-16-9-2-3-10-16/h4-7H,2-3,8-11H2,1H3,(H,15,17). The molecule has 1 N–H and O–H groups in total. The Bertz CT molecular complexity index is 383. The number of carbonyl (C=O) groups is 1. The number of benzene rings is 1. The van der Waals surface area contributed by atoms with Gasteiger partial charge in [0.15, 0.2) is 0 Å². The Morgan fingerprint density at radius 2 is 1.94 bits per heavy atom. The van der Waals surface area contributed by atoms with E-state index in [4.69, 9.17) is 4.74 Å². The van der Waals surface area contributed by atoms with Gasteiger partial charge in [-0.15, -0.1) is 0 Å². The van der Waals surface area contributed by atoms with Crippen LogP contribution in [0.4, 0.5) is 5.69 Å². The Labute approximate surface area is 108 Å². The first-order chi connectivity index (χ1) is 8.78. The maximum Gasteiger partial charge on any atom is 0.225 e. The molecule has 0 aromatic heterocycles. The molecule has 0 aliphatic carbocycles. The van der Waals surface area contributed by atoms with Crippen molar-refractivity contribution in [2.24, 2.45) is 0 Å². The summed E-state index contributed by atoms with van der Waals surface area (Å²) in [7, 11) is 1.63. The van der Waals surface area contributed by atoms with E-state index in [1.807, 2.05) is 24.3 Å². The smallest absolute Gasteiger partial charge is 0.225 e. The van der Waals surface area contributed by atoms with E-state index in [0.717, 1.165) is 31.1 Å². The molecule has 1 aliphatic rings. The van der Waals surface area contributed by atoms with E-state index >= 15 is 0 Å².